The van der Waals surface area contributed by atoms with Gasteiger partial charge >= 0.3 is 11.9 Å². The average molecular weight is 539 g/mol. The van der Waals surface area contributed by atoms with Crippen LogP contribution in [0.4, 0.5) is 0 Å². The molecule has 0 amide bonds. The predicted octanol–water partition coefficient (Wildman–Crippen LogP) is 10.9. The van der Waals surface area contributed by atoms with Gasteiger partial charge in [0.1, 0.15) is 0 Å². The van der Waals surface area contributed by atoms with Crippen molar-refractivity contribution in [3.63, 3.8) is 0 Å². The van der Waals surface area contributed by atoms with E-state index in [1.807, 2.05) is 0 Å². The van der Waals surface area contributed by atoms with E-state index in [0.29, 0.717) is 19.6 Å². The first-order valence-electron chi connectivity index (χ1n) is 17.0. The fraction of sp³-hybridized carbons (Fsp3) is 0.941. The minimum atomic E-state index is -0.0364. The summed E-state index contributed by atoms with van der Waals surface area (Å²) < 4.78 is 11.1. The van der Waals surface area contributed by atoms with Crippen LogP contribution < -0.4 is 0 Å². The molecular weight excluding hydrogens is 472 g/mol. The second-order valence-electron chi connectivity index (χ2n) is 11.5. The minimum Gasteiger partial charge on any atom is -0.466 e. The largest absolute Gasteiger partial charge is 0.466 e. The van der Waals surface area contributed by atoms with Gasteiger partial charge in [-0.25, -0.2) is 0 Å². The van der Waals surface area contributed by atoms with Gasteiger partial charge in [-0.1, -0.05) is 149 Å². The predicted molar refractivity (Wildman–Crippen MR) is 162 cm³/mol. The van der Waals surface area contributed by atoms with Crippen LogP contribution >= 0.6 is 0 Å². The van der Waals surface area contributed by atoms with E-state index in [9.17, 15) is 9.59 Å². The van der Waals surface area contributed by atoms with Gasteiger partial charge in [-0.15, -0.1) is 0 Å². The third kappa shape index (κ3) is 26.5. The maximum Gasteiger partial charge on any atom is 0.308 e. The van der Waals surface area contributed by atoms with Crippen LogP contribution in [0.25, 0.3) is 0 Å². The summed E-state index contributed by atoms with van der Waals surface area (Å²) in [5.41, 5.74) is 0. The van der Waals surface area contributed by atoms with Crippen LogP contribution in [0, 0.1) is 5.92 Å². The molecule has 0 aromatic rings. The monoisotopic (exact) mass is 538 g/mol. The lowest BCUT2D eigenvalue weighted by Crippen LogP contribution is -2.18. The molecule has 0 aliphatic rings. The highest BCUT2D eigenvalue weighted by Crippen LogP contribution is 2.21. The molecule has 38 heavy (non-hydrogen) atoms. The maximum atomic E-state index is 12.8. The summed E-state index contributed by atoms with van der Waals surface area (Å²) in [7, 11) is 0. The molecule has 1 unspecified atom stereocenters. The Hall–Kier alpha value is -1.06. The molecule has 0 saturated heterocycles. The second-order valence-corrected chi connectivity index (χ2v) is 11.5. The van der Waals surface area contributed by atoms with Gasteiger partial charge in [0, 0.05) is 6.42 Å². The molecule has 1 atom stereocenters. The van der Waals surface area contributed by atoms with Gasteiger partial charge in [0.05, 0.1) is 19.1 Å². The van der Waals surface area contributed by atoms with Crippen molar-refractivity contribution in [3.05, 3.63) is 0 Å². The Morgan fingerprint density at radius 1 is 0.447 bits per heavy atom. The van der Waals surface area contributed by atoms with Crippen molar-refractivity contribution in [1.82, 2.24) is 0 Å². The summed E-state index contributed by atoms with van der Waals surface area (Å²) in [5.74, 6) is 0.0733. The molecule has 0 aromatic carbocycles. The number of carbonyl (C=O) groups excluding carboxylic acids is 2. The molecule has 0 N–H and O–H groups in total. The van der Waals surface area contributed by atoms with E-state index in [1.165, 1.54) is 96.3 Å². The maximum absolute atomic E-state index is 12.8. The molecule has 0 bridgehead atoms. The number of hydrogen-bond donors (Lipinski definition) is 0. The Balaban J connectivity index is 3.99. The molecule has 0 aliphatic heterocycles. The number of unbranched alkanes of at least 4 members (excludes halogenated alkanes) is 19. The molecule has 0 aromatic heterocycles. The Labute approximate surface area is 237 Å². The molecule has 0 saturated carbocycles. The highest BCUT2D eigenvalue weighted by Gasteiger charge is 2.19. The van der Waals surface area contributed by atoms with Crippen LogP contribution in [0.15, 0.2) is 0 Å². The number of rotatable bonds is 30. The van der Waals surface area contributed by atoms with E-state index in [4.69, 9.17) is 9.47 Å². The van der Waals surface area contributed by atoms with Crippen molar-refractivity contribution in [2.75, 3.05) is 13.2 Å². The van der Waals surface area contributed by atoms with E-state index in [1.54, 1.807) is 0 Å². The van der Waals surface area contributed by atoms with Crippen LogP contribution in [0.5, 0.6) is 0 Å². The molecule has 0 rings (SSSR count). The van der Waals surface area contributed by atoms with Gasteiger partial charge < -0.3 is 9.47 Å². The van der Waals surface area contributed by atoms with E-state index in [0.717, 1.165) is 64.2 Å². The van der Waals surface area contributed by atoms with Gasteiger partial charge in [0.15, 0.2) is 0 Å². The van der Waals surface area contributed by atoms with Crippen molar-refractivity contribution in [2.45, 2.75) is 188 Å². The Kier molecular flexibility index (Phi) is 29.6. The number of ether oxygens (including phenoxy) is 2. The van der Waals surface area contributed by atoms with Crippen LogP contribution in [0.1, 0.15) is 188 Å². The second kappa shape index (κ2) is 30.5. The van der Waals surface area contributed by atoms with Gasteiger partial charge in [-0.05, 0) is 32.1 Å². The Bertz CT molecular complexity index is 505. The zero-order valence-electron chi connectivity index (χ0n) is 26.0. The van der Waals surface area contributed by atoms with E-state index in [2.05, 4.69) is 20.8 Å². The lowest BCUT2D eigenvalue weighted by atomic mass is 9.94. The van der Waals surface area contributed by atoms with Gasteiger partial charge in [0.2, 0.25) is 0 Å². The third-order valence-corrected chi connectivity index (χ3v) is 7.68. The summed E-state index contributed by atoms with van der Waals surface area (Å²) in [6.45, 7) is 7.89. The van der Waals surface area contributed by atoms with Gasteiger partial charge in [0.25, 0.3) is 0 Å². The number of esters is 2. The topological polar surface area (TPSA) is 52.6 Å². The van der Waals surface area contributed by atoms with Crippen LogP contribution in [-0.4, -0.2) is 25.2 Å². The molecule has 4 nitrogen and oxygen atoms in total. The fourth-order valence-corrected chi connectivity index (χ4v) is 5.06. The summed E-state index contributed by atoms with van der Waals surface area (Å²) in [5, 5.41) is 0. The average Bonchev–Trinajstić information content (AvgIpc) is 2.92. The van der Waals surface area contributed by atoms with Crippen molar-refractivity contribution in [3.8, 4) is 0 Å². The zero-order chi connectivity index (χ0) is 27.9. The van der Waals surface area contributed by atoms with Gasteiger partial charge in [-0.2, -0.15) is 0 Å². The summed E-state index contributed by atoms with van der Waals surface area (Å²) in [6.07, 6.45) is 29.9. The smallest absolute Gasteiger partial charge is 0.308 e. The van der Waals surface area contributed by atoms with Crippen molar-refractivity contribution in [2.24, 2.45) is 5.92 Å². The summed E-state index contributed by atoms with van der Waals surface area (Å²) >= 11 is 0. The minimum absolute atomic E-state index is 0.0364. The Morgan fingerprint density at radius 2 is 0.816 bits per heavy atom. The lowest BCUT2D eigenvalue weighted by Gasteiger charge is -2.16. The molecule has 4 heteroatoms. The van der Waals surface area contributed by atoms with Crippen LogP contribution in [0.2, 0.25) is 0 Å². The Morgan fingerprint density at radius 3 is 1.29 bits per heavy atom. The first-order valence-corrected chi connectivity index (χ1v) is 17.0. The molecule has 0 fully saturated rings. The first-order chi connectivity index (χ1) is 18.7. The van der Waals surface area contributed by atoms with E-state index >= 15 is 0 Å². The number of hydrogen-bond acceptors (Lipinski definition) is 4. The van der Waals surface area contributed by atoms with E-state index in [-0.39, 0.29) is 17.9 Å². The standard InChI is InChI=1S/C34H66O4/c1-4-7-10-13-17-22-27-32(34(36)38-31-26-21-15-12-9-6-3)28-23-18-16-19-24-29-33(35)37-30-25-20-14-11-8-5-2/h32H,4-31H2,1-3H3. The molecule has 0 aliphatic carbocycles. The van der Waals surface area contributed by atoms with Crippen molar-refractivity contribution in [1.29, 1.82) is 0 Å². The fourth-order valence-electron chi connectivity index (χ4n) is 5.06. The quantitative estimate of drug-likeness (QED) is 0.0674. The van der Waals surface area contributed by atoms with E-state index < -0.39 is 0 Å². The summed E-state index contributed by atoms with van der Waals surface area (Å²) in [4.78, 5) is 24.7. The van der Waals surface area contributed by atoms with Gasteiger partial charge in [-0.3, -0.25) is 9.59 Å². The van der Waals surface area contributed by atoms with Crippen molar-refractivity contribution >= 4 is 11.9 Å². The van der Waals surface area contributed by atoms with Crippen LogP contribution in [0.3, 0.4) is 0 Å². The number of carbonyl (C=O) groups is 2. The molecular formula is C34H66O4. The highest BCUT2D eigenvalue weighted by atomic mass is 16.5. The third-order valence-electron chi connectivity index (χ3n) is 7.68. The zero-order valence-corrected chi connectivity index (χ0v) is 26.0. The summed E-state index contributed by atoms with van der Waals surface area (Å²) in [6, 6.07) is 0. The highest BCUT2D eigenvalue weighted by molar-refractivity contribution is 5.72. The first kappa shape index (κ1) is 36.9. The molecule has 226 valence electrons. The van der Waals surface area contributed by atoms with Crippen molar-refractivity contribution < 1.29 is 19.1 Å². The molecule has 0 radical (unpaired) electrons. The SMILES string of the molecule is CCCCCCCCOC(=O)CCCCCCCC(CCCCCCCC)C(=O)OCCCCCCCC. The molecule has 0 heterocycles. The molecule has 0 spiro atoms. The normalized spacial score (nSPS) is 12.0. The lowest BCUT2D eigenvalue weighted by molar-refractivity contribution is -0.149. The van der Waals surface area contributed by atoms with Crippen LogP contribution in [-0.2, 0) is 19.1 Å².